The number of hydrogen-bond acceptors (Lipinski definition) is 5. The minimum absolute atomic E-state index is 0.560. The zero-order valence-corrected chi connectivity index (χ0v) is 34.2. The molecule has 0 spiro atoms. The smallest absolute Gasteiger partial charge is 0.164 e. The summed E-state index contributed by atoms with van der Waals surface area (Å²) in [6.45, 7) is 0. The van der Waals surface area contributed by atoms with Crippen molar-refractivity contribution in [2.45, 2.75) is 5.41 Å². The number of fused-ring (bicyclic) bond motifs is 12. The molecule has 64 heavy (non-hydrogen) atoms. The third kappa shape index (κ3) is 4.76. The van der Waals surface area contributed by atoms with Gasteiger partial charge in [0.15, 0.2) is 17.5 Å². The lowest BCUT2D eigenvalue weighted by molar-refractivity contribution is 0.665. The third-order valence-corrected chi connectivity index (χ3v) is 13.3. The highest BCUT2D eigenvalue weighted by Gasteiger charge is 2.50. The highest BCUT2D eigenvalue weighted by molar-refractivity contribution is 6.12. The Labute approximate surface area is 366 Å². The Balaban J connectivity index is 1.12. The predicted octanol–water partition coefficient (Wildman–Crippen LogP) is 14.5. The molecule has 0 aliphatic heterocycles. The second-order valence-electron chi connectivity index (χ2n) is 16.6. The average Bonchev–Trinajstić information content (AvgIpc) is 4.11. The van der Waals surface area contributed by atoms with E-state index in [1.807, 2.05) is 36.4 Å². The quantitative estimate of drug-likeness (QED) is 0.173. The van der Waals surface area contributed by atoms with Crippen molar-refractivity contribution < 1.29 is 8.83 Å². The molecule has 0 amide bonds. The maximum Gasteiger partial charge on any atom is 0.164 e. The Morgan fingerprint density at radius 2 is 0.844 bits per heavy atom. The molecular formula is C58H34N4O2. The van der Waals surface area contributed by atoms with Gasteiger partial charge in [0.05, 0.1) is 11.0 Å². The first-order valence-electron chi connectivity index (χ1n) is 21.6. The predicted molar refractivity (Wildman–Crippen MR) is 257 cm³/mol. The van der Waals surface area contributed by atoms with Gasteiger partial charge in [0.25, 0.3) is 0 Å². The molecule has 0 unspecified atom stereocenters. The molecule has 1 aliphatic rings. The number of hydrogen-bond donors (Lipinski definition) is 0. The lowest BCUT2D eigenvalue weighted by Gasteiger charge is -2.32. The molecule has 6 heteroatoms. The molecule has 6 nitrogen and oxygen atoms in total. The van der Waals surface area contributed by atoms with Crippen LogP contribution in [0.5, 0.6) is 0 Å². The highest BCUT2D eigenvalue weighted by Crippen LogP contribution is 2.57. The van der Waals surface area contributed by atoms with Gasteiger partial charge in [-0.25, -0.2) is 15.0 Å². The van der Waals surface area contributed by atoms with E-state index < -0.39 is 5.41 Å². The van der Waals surface area contributed by atoms with Crippen LogP contribution in [0.1, 0.15) is 22.5 Å². The number of nitrogens with zero attached hydrogens (tertiary/aromatic N) is 4. The Morgan fingerprint density at radius 1 is 0.359 bits per heavy atom. The molecule has 0 saturated carbocycles. The number of furan rings is 2. The molecule has 4 heterocycles. The SMILES string of the molecule is c1cc(-c2nc(-c3cccc4oc5ccccc5c34)nc(C3(c4cccc5oc6ccccc6c45)c4ccccc4-c4ccccc43)n2)cc(-n2c3ccccc3c3ccccc32)c1. The van der Waals surface area contributed by atoms with Gasteiger partial charge in [0.2, 0.25) is 0 Å². The van der Waals surface area contributed by atoms with Crippen LogP contribution in [-0.4, -0.2) is 19.5 Å². The first-order chi connectivity index (χ1) is 31.7. The maximum absolute atomic E-state index is 6.62. The fourth-order valence-corrected chi connectivity index (χ4v) is 10.7. The number of para-hydroxylation sites is 4. The number of rotatable bonds is 5. The Hall–Kier alpha value is -8.61. The van der Waals surface area contributed by atoms with Crippen molar-refractivity contribution in [2.75, 3.05) is 0 Å². The van der Waals surface area contributed by atoms with Crippen LogP contribution in [0, 0.1) is 0 Å². The zero-order valence-electron chi connectivity index (χ0n) is 34.2. The minimum Gasteiger partial charge on any atom is -0.456 e. The second-order valence-corrected chi connectivity index (χ2v) is 16.6. The van der Waals surface area contributed by atoms with E-state index >= 15 is 0 Å². The third-order valence-electron chi connectivity index (χ3n) is 13.3. The summed E-state index contributed by atoms with van der Waals surface area (Å²) in [5, 5.41) is 6.45. The summed E-state index contributed by atoms with van der Waals surface area (Å²) in [4.78, 5) is 16.9. The standard InChI is InChI=1S/C58H34N4O2/c1-7-25-44-37(18-1)38-19-2-8-26-45(38)58(44,46-27-15-33-52-54(46)42-23-6-12-31-50(42)64-52)57-60-55(59-56(61-57)43-24-14-32-51-53(43)41-22-5-11-30-49(41)63-51)35-16-13-17-36(34-35)62-47-28-9-3-20-39(47)40-21-4-10-29-48(40)62/h1-34H. The zero-order chi connectivity index (χ0) is 41.9. The van der Waals surface area contributed by atoms with Crippen LogP contribution in [0.2, 0.25) is 0 Å². The Bertz CT molecular complexity index is 3960. The summed E-state index contributed by atoms with van der Waals surface area (Å²) < 4.78 is 15.4. The van der Waals surface area contributed by atoms with Crippen LogP contribution in [0.15, 0.2) is 215 Å². The van der Waals surface area contributed by atoms with E-state index in [1.165, 1.54) is 10.8 Å². The first kappa shape index (κ1) is 35.0. The van der Waals surface area contributed by atoms with Crippen LogP contribution in [0.4, 0.5) is 0 Å². The lowest BCUT2D eigenvalue weighted by atomic mass is 9.70. The van der Waals surface area contributed by atoms with Crippen molar-refractivity contribution in [3.05, 3.63) is 229 Å². The molecule has 0 saturated heterocycles. The molecular weight excluding hydrogens is 785 g/mol. The van der Waals surface area contributed by atoms with Gasteiger partial charge in [-0.2, -0.15) is 0 Å². The van der Waals surface area contributed by atoms with Crippen molar-refractivity contribution in [3.8, 4) is 39.6 Å². The first-order valence-corrected chi connectivity index (χ1v) is 21.6. The molecule has 9 aromatic carbocycles. The average molecular weight is 819 g/mol. The van der Waals surface area contributed by atoms with Gasteiger partial charge < -0.3 is 13.4 Å². The van der Waals surface area contributed by atoms with E-state index in [0.717, 1.165) is 99.5 Å². The van der Waals surface area contributed by atoms with Crippen LogP contribution in [0.3, 0.4) is 0 Å². The minimum atomic E-state index is -0.984. The summed E-state index contributed by atoms with van der Waals surface area (Å²) in [5.74, 6) is 1.75. The summed E-state index contributed by atoms with van der Waals surface area (Å²) in [6.07, 6.45) is 0. The van der Waals surface area contributed by atoms with Gasteiger partial charge in [0.1, 0.15) is 27.7 Å². The fraction of sp³-hybridized carbons (Fsp3) is 0.0172. The summed E-state index contributed by atoms with van der Waals surface area (Å²) >= 11 is 0. The molecule has 1 aliphatic carbocycles. The second kappa shape index (κ2) is 13.2. The van der Waals surface area contributed by atoms with E-state index in [2.05, 4.69) is 174 Å². The topological polar surface area (TPSA) is 69.9 Å². The fourth-order valence-electron chi connectivity index (χ4n) is 10.7. The van der Waals surface area contributed by atoms with Gasteiger partial charge in [-0.15, -0.1) is 0 Å². The Morgan fingerprint density at radius 3 is 1.53 bits per heavy atom. The summed E-state index contributed by atoms with van der Waals surface area (Å²) in [7, 11) is 0. The monoisotopic (exact) mass is 818 g/mol. The number of benzene rings is 9. The Kier molecular flexibility index (Phi) is 7.22. The molecule has 0 radical (unpaired) electrons. The lowest BCUT2D eigenvalue weighted by Crippen LogP contribution is -2.32. The molecule has 0 atom stereocenters. The van der Waals surface area contributed by atoms with Crippen LogP contribution >= 0.6 is 0 Å². The van der Waals surface area contributed by atoms with Gasteiger partial charge >= 0.3 is 0 Å². The van der Waals surface area contributed by atoms with E-state index in [4.69, 9.17) is 23.8 Å². The van der Waals surface area contributed by atoms with Gasteiger partial charge in [-0.1, -0.05) is 158 Å². The van der Waals surface area contributed by atoms with Crippen LogP contribution in [-0.2, 0) is 5.41 Å². The molecule has 298 valence electrons. The van der Waals surface area contributed by atoms with Gasteiger partial charge in [-0.3, -0.25) is 0 Å². The van der Waals surface area contributed by atoms with Crippen LogP contribution in [0.25, 0.3) is 105 Å². The molecule has 4 aromatic heterocycles. The molecule has 0 bridgehead atoms. The van der Waals surface area contributed by atoms with Crippen molar-refractivity contribution in [2.24, 2.45) is 0 Å². The molecule has 0 N–H and O–H groups in total. The van der Waals surface area contributed by atoms with Crippen molar-refractivity contribution in [1.82, 2.24) is 19.5 Å². The molecule has 0 fully saturated rings. The van der Waals surface area contributed by atoms with Crippen LogP contribution < -0.4 is 0 Å². The van der Waals surface area contributed by atoms with E-state index in [-0.39, 0.29) is 0 Å². The van der Waals surface area contributed by atoms with E-state index in [1.54, 1.807) is 0 Å². The largest absolute Gasteiger partial charge is 0.456 e. The van der Waals surface area contributed by atoms with E-state index in [9.17, 15) is 0 Å². The maximum atomic E-state index is 6.62. The van der Waals surface area contributed by atoms with E-state index in [0.29, 0.717) is 17.5 Å². The summed E-state index contributed by atoms with van der Waals surface area (Å²) in [6, 6.07) is 72.3. The van der Waals surface area contributed by atoms with Crippen molar-refractivity contribution in [1.29, 1.82) is 0 Å². The highest BCUT2D eigenvalue weighted by atomic mass is 16.3. The van der Waals surface area contributed by atoms with Gasteiger partial charge in [-0.05, 0) is 76.3 Å². The molecule has 13 aromatic rings. The van der Waals surface area contributed by atoms with Crippen molar-refractivity contribution in [3.63, 3.8) is 0 Å². The van der Waals surface area contributed by atoms with Crippen molar-refractivity contribution >= 4 is 65.7 Å². The normalized spacial score (nSPS) is 13.1. The van der Waals surface area contributed by atoms with Gasteiger partial charge in [0, 0.05) is 49.1 Å². The summed E-state index contributed by atoms with van der Waals surface area (Å²) in [5.41, 5.74) is 12.8. The molecule has 14 rings (SSSR count). The number of aromatic nitrogens is 4.